The van der Waals surface area contributed by atoms with Crippen molar-refractivity contribution < 1.29 is 4.79 Å². The molecule has 16 heavy (non-hydrogen) atoms. The summed E-state index contributed by atoms with van der Waals surface area (Å²) in [4.78, 5) is 11.6. The van der Waals surface area contributed by atoms with E-state index in [0.29, 0.717) is 0 Å². The average molecular weight is 226 g/mol. The van der Waals surface area contributed by atoms with E-state index in [9.17, 15) is 4.79 Å². The van der Waals surface area contributed by atoms with Gasteiger partial charge >= 0.3 is 0 Å². The molecule has 3 heteroatoms. The van der Waals surface area contributed by atoms with E-state index in [1.165, 1.54) is 25.7 Å². The quantitative estimate of drug-likeness (QED) is 0.771. The van der Waals surface area contributed by atoms with Gasteiger partial charge in [0, 0.05) is 6.54 Å². The zero-order valence-electron chi connectivity index (χ0n) is 10.9. The van der Waals surface area contributed by atoms with Crippen molar-refractivity contribution in [2.45, 2.75) is 58.4 Å². The van der Waals surface area contributed by atoms with Gasteiger partial charge < -0.3 is 11.1 Å². The van der Waals surface area contributed by atoms with E-state index in [1.807, 2.05) is 0 Å². The van der Waals surface area contributed by atoms with Crippen molar-refractivity contribution in [1.82, 2.24) is 5.32 Å². The van der Waals surface area contributed by atoms with Crippen molar-refractivity contribution in [3.8, 4) is 0 Å². The van der Waals surface area contributed by atoms with Crippen LogP contribution in [-0.4, -0.2) is 18.0 Å². The fraction of sp³-hybridized carbons (Fsp3) is 0.923. The molecule has 3 N–H and O–H groups in total. The first-order valence-electron chi connectivity index (χ1n) is 6.48. The predicted molar refractivity (Wildman–Crippen MR) is 67.0 cm³/mol. The minimum Gasteiger partial charge on any atom is -0.355 e. The number of carbonyl (C=O) groups is 1. The molecular weight excluding hydrogens is 200 g/mol. The molecule has 0 aromatic rings. The molecule has 1 fully saturated rings. The largest absolute Gasteiger partial charge is 0.355 e. The molecule has 1 rings (SSSR count). The van der Waals surface area contributed by atoms with Crippen molar-refractivity contribution in [2.24, 2.45) is 17.6 Å². The molecular formula is C13H26N2O. The summed E-state index contributed by atoms with van der Waals surface area (Å²) in [5.74, 6) is 1.56. The summed E-state index contributed by atoms with van der Waals surface area (Å²) in [6, 6.07) is 0. The van der Waals surface area contributed by atoms with Crippen LogP contribution in [0.5, 0.6) is 0 Å². The molecule has 1 amide bonds. The summed E-state index contributed by atoms with van der Waals surface area (Å²) >= 11 is 0. The van der Waals surface area contributed by atoms with E-state index in [2.05, 4.69) is 12.2 Å². The fourth-order valence-corrected chi connectivity index (χ4v) is 2.42. The molecule has 3 nitrogen and oxygen atoms in total. The maximum atomic E-state index is 11.6. The van der Waals surface area contributed by atoms with Gasteiger partial charge in [0.15, 0.2) is 0 Å². The highest BCUT2D eigenvalue weighted by atomic mass is 16.2. The Labute approximate surface area is 99.2 Å². The maximum absolute atomic E-state index is 11.6. The van der Waals surface area contributed by atoms with Crippen LogP contribution < -0.4 is 11.1 Å². The van der Waals surface area contributed by atoms with Crippen LogP contribution in [0.1, 0.15) is 52.9 Å². The third kappa shape index (κ3) is 4.12. The molecule has 0 bridgehead atoms. The van der Waals surface area contributed by atoms with Gasteiger partial charge in [0.05, 0.1) is 5.54 Å². The molecule has 2 unspecified atom stereocenters. The van der Waals surface area contributed by atoms with E-state index in [0.717, 1.165) is 24.8 Å². The molecule has 1 aliphatic rings. The van der Waals surface area contributed by atoms with Gasteiger partial charge in [0.25, 0.3) is 0 Å². The van der Waals surface area contributed by atoms with Gasteiger partial charge in [-0.05, 0) is 32.1 Å². The highest BCUT2D eigenvalue weighted by molar-refractivity contribution is 5.84. The second-order valence-electron chi connectivity index (χ2n) is 5.79. The van der Waals surface area contributed by atoms with Crippen LogP contribution >= 0.6 is 0 Å². The summed E-state index contributed by atoms with van der Waals surface area (Å²) in [5, 5.41) is 2.93. The van der Waals surface area contributed by atoms with Crippen LogP contribution in [0, 0.1) is 11.8 Å². The van der Waals surface area contributed by atoms with Gasteiger partial charge in [-0.1, -0.05) is 32.6 Å². The van der Waals surface area contributed by atoms with E-state index in [1.54, 1.807) is 13.8 Å². The Morgan fingerprint density at radius 2 is 2.00 bits per heavy atom. The predicted octanol–water partition coefficient (Wildman–Crippen LogP) is 2.06. The summed E-state index contributed by atoms with van der Waals surface area (Å²) in [6.07, 6.45) is 6.50. The number of rotatable bonds is 4. The number of amides is 1. The minimum absolute atomic E-state index is 0.0454. The Balaban J connectivity index is 2.22. The van der Waals surface area contributed by atoms with Crippen molar-refractivity contribution in [3.05, 3.63) is 0 Å². The standard InChI is InChI=1S/C13H26N2O/c1-10-6-4-5-7-11(10)8-9-15-12(16)13(2,3)14/h10-11H,4-9,14H2,1-3H3,(H,15,16). The van der Waals surface area contributed by atoms with Gasteiger partial charge in [-0.2, -0.15) is 0 Å². The Kier molecular flexibility index (Phi) is 4.78. The van der Waals surface area contributed by atoms with Crippen molar-refractivity contribution >= 4 is 5.91 Å². The summed E-state index contributed by atoms with van der Waals surface area (Å²) in [7, 11) is 0. The number of nitrogens with two attached hydrogens (primary N) is 1. The minimum atomic E-state index is -0.752. The third-order valence-corrected chi connectivity index (χ3v) is 3.68. The zero-order valence-corrected chi connectivity index (χ0v) is 10.9. The lowest BCUT2D eigenvalue weighted by Crippen LogP contribution is -2.49. The zero-order chi connectivity index (χ0) is 12.2. The van der Waals surface area contributed by atoms with Crippen LogP contribution in [0.4, 0.5) is 0 Å². The van der Waals surface area contributed by atoms with Crippen LogP contribution in [-0.2, 0) is 4.79 Å². The van der Waals surface area contributed by atoms with E-state index < -0.39 is 5.54 Å². The molecule has 0 aromatic carbocycles. The first-order valence-corrected chi connectivity index (χ1v) is 6.48. The Morgan fingerprint density at radius 1 is 1.38 bits per heavy atom. The van der Waals surface area contributed by atoms with Gasteiger partial charge in [-0.15, -0.1) is 0 Å². The van der Waals surface area contributed by atoms with E-state index >= 15 is 0 Å². The van der Waals surface area contributed by atoms with Gasteiger partial charge in [0.2, 0.25) is 5.91 Å². The van der Waals surface area contributed by atoms with Crippen molar-refractivity contribution in [1.29, 1.82) is 0 Å². The Morgan fingerprint density at radius 3 is 2.56 bits per heavy atom. The molecule has 2 atom stereocenters. The van der Waals surface area contributed by atoms with Crippen LogP contribution in [0.25, 0.3) is 0 Å². The highest BCUT2D eigenvalue weighted by Gasteiger charge is 2.23. The molecule has 0 aromatic heterocycles. The van der Waals surface area contributed by atoms with Crippen LogP contribution in [0.15, 0.2) is 0 Å². The first kappa shape index (κ1) is 13.5. The number of carbonyl (C=O) groups excluding carboxylic acids is 1. The molecule has 1 saturated carbocycles. The Bertz CT molecular complexity index is 233. The Hall–Kier alpha value is -0.570. The number of hydrogen-bond donors (Lipinski definition) is 2. The van der Waals surface area contributed by atoms with Crippen molar-refractivity contribution in [2.75, 3.05) is 6.54 Å². The number of hydrogen-bond acceptors (Lipinski definition) is 2. The van der Waals surface area contributed by atoms with E-state index in [4.69, 9.17) is 5.73 Å². The van der Waals surface area contributed by atoms with Gasteiger partial charge in [-0.3, -0.25) is 4.79 Å². The topological polar surface area (TPSA) is 55.1 Å². The second-order valence-corrected chi connectivity index (χ2v) is 5.79. The SMILES string of the molecule is CC1CCCCC1CCNC(=O)C(C)(C)N. The summed E-state index contributed by atoms with van der Waals surface area (Å²) < 4.78 is 0. The van der Waals surface area contributed by atoms with Gasteiger partial charge in [-0.25, -0.2) is 0 Å². The molecule has 1 aliphatic carbocycles. The lowest BCUT2D eigenvalue weighted by molar-refractivity contribution is -0.125. The molecule has 0 spiro atoms. The second kappa shape index (κ2) is 5.67. The fourth-order valence-electron chi connectivity index (χ4n) is 2.42. The van der Waals surface area contributed by atoms with Crippen molar-refractivity contribution in [3.63, 3.8) is 0 Å². The average Bonchev–Trinajstić information content (AvgIpc) is 2.19. The lowest BCUT2D eigenvalue weighted by atomic mass is 9.79. The molecule has 0 saturated heterocycles. The van der Waals surface area contributed by atoms with Gasteiger partial charge in [0.1, 0.15) is 0 Å². The third-order valence-electron chi connectivity index (χ3n) is 3.68. The molecule has 0 heterocycles. The molecule has 0 aliphatic heterocycles. The molecule has 0 radical (unpaired) electrons. The highest BCUT2D eigenvalue weighted by Crippen LogP contribution is 2.31. The summed E-state index contributed by atoms with van der Waals surface area (Å²) in [5.41, 5.74) is 4.96. The van der Waals surface area contributed by atoms with Crippen LogP contribution in [0.3, 0.4) is 0 Å². The first-order chi connectivity index (χ1) is 7.41. The monoisotopic (exact) mass is 226 g/mol. The number of nitrogens with one attached hydrogen (secondary N) is 1. The maximum Gasteiger partial charge on any atom is 0.239 e. The smallest absolute Gasteiger partial charge is 0.239 e. The van der Waals surface area contributed by atoms with Crippen LogP contribution in [0.2, 0.25) is 0 Å². The van der Waals surface area contributed by atoms with E-state index in [-0.39, 0.29) is 5.91 Å². The lowest BCUT2D eigenvalue weighted by Gasteiger charge is -2.29. The normalized spacial score (nSPS) is 26.5. The summed E-state index contributed by atoms with van der Waals surface area (Å²) in [6.45, 7) is 6.59. The molecule has 94 valence electrons.